The van der Waals surface area contributed by atoms with E-state index >= 15 is 0 Å². The molecule has 3 heteroatoms. The molecular weight excluding hydrogens is 94.0 g/mol. The standard InChI is InChI=1S/C4H9NO2/c1-2(5)3-4(6)7-3/h2-4,6H,5H2,1H3. The molecule has 3 unspecified atom stereocenters. The van der Waals surface area contributed by atoms with E-state index in [1.807, 2.05) is 0 Å². The Morgan fingerprint density at radius 2 is 2.29 bits per heavy atom. The monoisotopic (exact) mass is 103 g/mol. The van der Waals surface area contributed by atoms with Crippen molar-refractivity contribution in [3.05, 3.63) is 0 Å². The fourth-order valence-corrected chi connectivity index (χ4v) is 0.499. The number of epoxide rings is 1. The predicted molar refractivity (Wildman–Crippen MR) is 24.5 cm³/mol. The van der Waals surface area contributed by atoms with Crippen LogP contribution in [0.5, 0.6) is 0 Å². The number of hydrogen-bond acceptors (Lipinski definition) is 3. The average Bonchev–Trinajstić information content (AvgIpc) is 2.17. The van der Waals surface area contributed by atoms with Crippen LogP contribution in [-0.2, 0) is 4.74 Å². The van der Waals surface area contributed by atoms with Crippen LogP contribution in [-0.4, -0.2) is 23.5 Å². The average molecular weight is 103 g/mol. The fraction of sp³-hybridized carbons (Fsp3) is 1.00. The SMILES string of the molecule is CC(N)C1OC1O. The second-order valence-electron chi connectivity index (χ2n) is 1.85. The van der Waals surface area contributed by atoms with E-state index in [1.54, 1.807) is 6.92 Å². The van der Waals surface area contributed by atoms with Gasteiger partial charge in [-0.1, -0.05) is 0 Å². The summed E-state index contributed by atoms with van der Waals surface area (Å²) in [5, 5.41) is 8.49. The summed E-state index contributed by atoms with van der Waals surface area (Å²) in [7, 11) is 0. The van der Waals surface area contributed by atoms with E-state index in [2.05, 4.69) is 4.74 Å². The minimum absolute atomic E-state index is 0.0324. The summed E-state index contributed by atoms with van der Waals surface area (Å²) in [4.78, 5) is 0. The lowest BCUT2D eigenvalue weighted by atomic mass is 10.3. The molecule has 7 heavy (non-hydrogen) atoms. The van der Waals surface area contributed by atoms with Crippen molar-refractivity contribution in [2.45, 2.75) is 25.4 Å². The highest BCUT2D eigenvalue weighted by molar-refractivity contribution is 4.82. The molecular formula is C4H9NO2. The topological polar surface area (TPSA) is 58.8 Å². The van der Waals surface area contributed by atoms with Crippen LogP contribution in [0, 0.1) is 0 Å². The Bertz CT molecular complexity index is 74.1. The molecule has 1 fully saturated rings. The van der Waals surface area contributed by atoms with Gasteiger partial charge in [0.2, 0.25) is 0 Å². The zero-order valence-electron chi connectivity index (χ0n) is 4.16. The molecule has 1 heterocycles. The summed E-state index contributed by atoms with van der Waals surface area (Å²) < 4.78 is 4.61. The molecule has 0 radical (unpaired) electrons. The Balaban J connectivity index is 2.20. The second kappa shape index (κ2) is 1.43. The van der Waals surface area contributed by atoms with Crippen molar-refractivity contribution in [1.82, 2.24) is 0 Å². The third kappa shape index (κ3) is 0.907. The highest BCUT2D eigenvalue weighted by Gasteiger charge is 2.39. The predicted octanol–water partition coefficient (Wildman–Crippen LogP) is -0.949. The van der Waals surface area contributed by atoms with Crippen LogP contribution in [0.15, 0.2) is 0 Å². The van der Waals surface area contributed by atoms with E-state index in [4.69, 9.17) is 10.8 Å². The van der Waals surface area contributed by atoms with Crippen molar-refractivity contribution in [2.24, 2.45) is 5.73 Å². The van der Waals surface area contributed by atoms with Crippen LogP contribution in [0.2, 0.25) is 0 Å². The lowest BCUT2D eigenvalue weighted by molar-refractivity contribution is 0.156. The van der Waals surface area contributed by atoms with Crippen LogP contribution >= 0.6 is 0 Å². The van der Waals surface area contributed by atoms with Crippen molar-refractivity contribution >= 4 is 0 Å². The molecule has 0 aromatic rings. The maximum absolute atomic E-state index is 8.49. The molecule has 3 N–H and O–H groups in total. The van der Waals surface area contributed by atoms with Gasteiger partial charge in [-0.05, 0) is 6.92 Å². The van der Waals surface area contributed by atoms with Gasteiger partial charge in [0, 0.05) is 6.04 Å². The molecule has 3 atom stereocenters. The molecule has 0 aliphatic carbocycles. The van der Waals surface area contributed by atoms with Crippen LogP contribution in [0.1, 0.15) is 6.92 Å². The largest absolute Gasteiger partial charge is 0.366 e. The number of ether oxygens (including phenoxy) is 1. The summed E-state index contributed by atoms with van der Waals surface area (Å²) in [5.74, 6) is 0. The minimum Gasteiger partial charge on any atom is -0.366 e. The lowest BCUT2D eigenvalue weighted by Gasteiger charge is -1.92. The molecule has 1 rings (SSSR count). The van der Waals surface area contributed by atoms with Gasteiger partial charge in [-0.25, -0.2) is 0 Å². The van der Waals surface area contributed by atoms with Crippen molar-refractivity contribution in [1.29, 1.82) is 0 Å². The van der Waals surface area contributed by atoms with Gasteiger partial charge in [0.15, 0.2) is 6.29 Å². The van der Waals surface area contributed by atoms with Crippen molar-refractivity contribution in [3.63, 3.8) is 0 Å². The van der Waals surface area contributed by atoms with Gasteiger partial charge in [-0.2, -0.15) is 0 Å². The second-order valence-corrected chi connectivity index (χ2v) is 1.85. The fourth-order valence-electron chi connectivity index (χ4n) is 0.499. The molecule has 0 saturated carbocycles. The van der Waals surface area contributed by atoms with Gasteiger partial charge in [0.1, 0.15) is 6.10 Å². The molecule has 0 aromatic carbocycles. The van der Waals surface area contributed by atoms with Gasteiger partial charge in [-0.3, -0.25) is 0 Å². The molecule has 0 amide bonds. The maximum Gasteiger partial charge on any atom is 0.183 e. The van der Waals surface area contributed by atoms with Gasteiger partial charge < -0.3 is 15.6 Å². The van der Waals surface area contributed by atoms with Crippen molar-refractivity contribution in [3.8, 4) is 0 Å². The maximum atomic E-state index is 8.49. The Morgan fingerprint density at radius 1 is 1.86 bits per heavy atom. The summed E-state index contributed by atoms with van der Waals surface area (Å²) in [6.45, 7) is 1.81. The molecule has 0 bridgehead atoms. The van der Waals surface area contributed by atoms with E-state index in [9.17, 15) is 0 Å². The van der Waals surface area contributed by atoms with Gasteiger partial charge in [0.25, 0.3) is 0 Å². The van der Waals surface area contributed by atoms with E-state index in [1.165, 1.54) is 0 Å². The van der Waals surface area contributed by atoms with Crippen molar-refractivity contribution in [2.75, 3.05) is 0 Å². The number of rotatable bonds is 1. The third-order valence-electron chi connectivity index (χ3n) is 1.02. The van der Waals surface area contributed by atoms with Crippen LogP contribution < -0.4 is 5.73 Å². The molecule has 1 saturated heterocycles. The summed E-state index contributed by atoms with van der Waals surface area (Å²) in [5.41, 5.74) is 5.30. The molecule has 42 valence electrons. The number of nitrogens with two attached hydrogens (primary N) is 1. The van der Waals surface area contributed by atoms with E-state index < -0.39 is 6.29 Å². The molecule has 1 aliphatic rings. The first kappa shape index (κ1) is 5.03. The Labute approximate surface area is 42.1 Å². The first-order chi connectivity index (χ1) is 3.22. The number of aliphatic hydroxyl groups is 1. The Hall–Kier alpha value is -0.120. The van der Waals surface area contributed by atoms with E-state index in [0.29, 0.717) is 0 Å². The molecule has 0 spiro atoms. The zero-order chi connectivity index (χ0) is 5.44. The highest BCUT2D eigenvalue weighted by atomic mass is 16.7. The summed E-state index contributed by atoms with van der Waals surface area (Å²) in [6.07, 6.45) is -0.681. The first-order valence-electron chi connectivity index (χ1n) is 2.31. The molecule has 3 nitrogen and oxygen atoms in total. The quantitative estimate of drug-likeness (QED) is 0.421. The van der Waals surface area contributed by atoms with Gasteiger partial charge in [-0.15, -0.1) is 0 Å². The first-order valence-corrected chi connectivity index (χ1v) is 2.31. The Morgan fingerprint density at radius 3 is 2.29 bits per heavy atom. The van der Waals surface area contributed by atoms with E-state index in [-0.39, 0.29) is 12.1 Å². The number of aliphatic hydroxyl groups excluding tert-OH is 1. The number of hydrogen-bond donors (Lipinski definition) is 2. The van der Waals surface area contributed by atoms with Crippen LogP contribution in [0.4, 0.5) is 0 Å². The summed E-state index contributed by atoms with van der Waals surface area (Å²) >= 11 is 0. The van der Waals surface area contributed by atoms with Gasteiger partial charge >= 0.3 is 0 Å². The highest BCUT2D eigenvalue weighted by Crippen LogP contribution is 2.20. The van der Waals surface area contributed by atoms with Crippen LogP contribution in [0.25, 0.3) is 0 Å². The van der Waals surface area contributed by atoms with E-state index in [0.717, 1.165) is 0 Å². The third-order valence-corrected chi connectivity index (χ3v) is 1.02. The molecule has 1 aliphatic heterocycles. The van der Waals surface area contributed by atoms with Crippen LogP contribution in [0.3, 0.4) is 0 Å². The smallest absolute Gasteiger partial charge is 0.183 e. The van der Waals surface area contributed by atoms with Crippen molar-refractivity contribution < 1.29 is 9.84 Å². The molecule has 0 aromatic heterocycles. The van der Waals surface area contributed by atoms with Gasteiger partial charge in [0.05, 0.1) is 0 Å². The lowest BCUT2D eigenvalue weighted by Crippen LogP contribution is -2.23. The summed E-state index contributed by atoms with van der Waals surface area (Å²) in [6, 6.07) is -0.0324. The Kier molecular flexibility index (Phi) is 1.03. The zero-order valence-corrected chi connectivity index (χ0v) is 4.16. The normalized spacial score (nSPS) is 43.3. The minimum atomic E-state index is -0.583.